The van der Waals surface area contributed by atoms with Gasteiger partial charge >= 0.3 is 0 Å². The minimum Gasteiger partial charge on any atom is -0.313 e. The molecule has 0 saturated carbocycles. The third-order valence-electron chi connectivity index (χ3n) is 3.96. The van der Waals surface area contributed by atoms with Gasteiger partial charge in [-0.1, -0.05) is 24.3 Å². The molecule has 2 atom stereocenters. The lowest BCUT2D eigenvalue weighted by Crippen LogP contribution is -2.24. The first-order chi connectivity index (χ1) is 8.78. The van der Waals surface area contributed by atoms with Crippen molar-refractivity contribution in [1.82, 2.24) is 15.1 Å². The molecule has 18 heavy (non-hydrogen) atoms. The summed E-state index contributed by atoms with van der Waals surface area (Å²) in [5, 5.41) is 7.67. The third kappa shape index (κ3) is 1.95. The number of nitrogens with one attached hydrogen (secondary N) is 1. The highest BCUT2D eigenvalue weighted by atomic mass is 15.2. The van der Waals surface area contributed by atoms with E-state index in [0.29, 0.717) is 12.0 Å². The molecule has 3 rings (SSSR count). The number of benzene rings is 1. The molecule has 0 bridgehead atoms. The second-order valence-electron chi connectivity index (χ2n) is 5.12. The van der Waals surface area contributed by atoms with Crippen LogP contribution >= 0.6 is 0 Å². The molecular formula is C15H19N3. The maximum Gasteiger partial charge on any atom is 0.0537 e. The van der Waals surface area contributed by atoms with Crippen LogP contribution < -0.4 is 5.32 Å². The quantitative estimate of drug-likeness (QED) is 0.891. The zero-order valence-corrected chi connectivity index (χ0v) is 10.9. The van der Waals surface area contributed by atoms with Gasteiger partial charge in [0.05, 0.1) is 6.20 Å². The van der Waals surface area contributed by atoms with E-state index in [0.717, 1.165) is 6.42 Å². The molecule has 2 aromatic rings. The maximum atomic E-state index is 4.26. The Labute approximate surface area is 108 Å². The van der Waals surface area contributed by atoms with Crippen LogP contribution in [0.1, 0.15) is 35.1 Å². The van der Waals surface area contributed by atoms with Gasteiger partial charge in [-0.05, 0) is 36.9 Å². The predicted molar refractivity (Wildman–Crippen MR) is 72.5 cm³/mol. The van der Waals surface area contributed by atoms with E-state index >= 15 is 0 Å². The summed E-state index contributed by atoms with van der Waals surface area (Å²) in [7, 11) is 4.00. The van der Waals surface area contributed by atoms with Crippen LogP contribution in [0.2, 0.25) is 0 Å². The summed E-state index contributed by atoms with van der Waals surface area (Å²) in [4.78, 5) is 0. The van der Waals surface area contributed by atoms with Crippen molar-refractivity contribution in [3.63, 3.8) is 0 Å². The van der Waals surface area contributed by atoms with Crippen molar-refractivity contribution in [1.29, 1.82) is 0 Å². The topological polar surface area (TPSA) is 29.9 Å². The summed E-state index contributed by atoms with van der Waals surface area (Å²) in [5.41, 5.74) is 4.33. The Hall–Kier alpha value is -1.61. The van der Waals surface area contributed by atoms with Crippen molar-refractivity contribution in [2.24, 2.45) is 7.05 Å². The number of hydrogen-bond acceptors (Lipinski definition) is 2. The van der Waals surface area contributed by atoms with E-state index in [-0.39, 0.29) is 0 Å². The number of rotatable bonds is 4. The highest BCUT2D eigenvalue weighted by Gasteiger charge is 2.28. The molecule has 94 valence electrons. The summed E-state index contributed by atoms with van der Waals surface area (Å²) < 4.78 is 1.87. The Morgan fingerprint density at radius 3 is 2.94 bits per heavy atom. The molecule has 1 aromatic carbocycles. The Kier molecular flexibility index (Phi) is 2.92. The fourth-order valence-corrected chi connectivity index (χ4v) is 2.90. The second kappa shape index (κ2) is 4.58. The summed E-state index contributed by atoms with van der Waals surface area (Å²) in [6.07, 6.45) is 6.44. The number of fused-ring (bicyclic) bond motifs is 1. The minimum atomic E-state index is 0.400. The van der Waals surface area contributed by atoms with Gasteiger partial charge in [0.1, 0.15) is 0 Å². The number of hydrogen-bond donors (Lipinski definition) is 1. The van der Waals surface area contributed by atoms with Gasteiger partial charge in [-0.3, -0.25) is 4.68 Å². The molecule has 0 spiro atoms. The fraction of sp³-hybridized carbons (Fsp3) is 0.400. The van der Waals surface area contributed by atoms with E-state index < -0.39 is 0 Å². The molecule has 1 heterocycles. The summed E-state index contributed by atoms with van der Waals surface area (Å²) in [5.74, 6) is 0.693. The van der Waals surface area contributed by atoms with Crippen LogP contribution in [-0.4, -0.2) is 16.8 Å². The van der Waals surface area contributed by atoms with Gasteiger partial charge in [0.15, 0.2) is 0 Å². The summed E-state index contributed by atoms with van der Waals surface area (Å²) in [6.45, 7) is 0. The van der Waals surface area contributed by atoms with Crippen molar-refractivity contribution in [2.75, 3.05) is 7.05 Å². The monoisotopic (exact) mass is 241 g/mol. The Morgan fingerprint density at radius 2 is 2.28 bits per heavy atom. The van der Waals surface area contributed by atoms with Crippen molar-refractivity contribution >= 4 is 0 Å². The summed E-state index contributed by atoms with van der Waals surface area (Å²) >= 11 is 0. The molecule has 0 radical (unpaired) electrons. The smallest absolute Gasteiger partial charge is 0.0537 e. The van der Waals surface area contributed by atoms with Crippen molar-refractivity contribution in [2.45, 2.75) is 24.8 Å². The van der Waals surface area contributed by atoms with E-state index in [1.807, 2.05) is 25.0 Å². The normalized spacial score (nSPS) is 19.1. The van der Waals surface area contributed by atoms with E-state index in [9.17, 15) is 0 Å². The Balaban J connectivity index is 1.73. The zero-order valence-electron chi connectivity index (χ0n) is 10.9. The van der Waals surface area contributed by atoms with Crippen molar-refractivity contribution < 1.29 is 0 Å². The van der Waals surface area contributed by atoms with Crippen LogP contribution in [0.25, 0.3) is 0 Å². The fourth-order valence-electron chi connectivity index (χ4n) is 2.90. The van der Waals surface area contributed by atoms with Gasteiger partial charge in [0.2, 0.25) is 0 Å². The van der Waals surface area contributed by atoms with Crippen LogP contribution in [0, 0.1) is 0 Å². The first-order valence-corrected chi connectivity index (χ1v) is 6.51. The molecular weight excluding hydrogens is 222 g/mol. The Morgan fingerprint density at radius 1 is 1.44 bits per heavy atom. The molecule has 0 amide bonds. The number of nitrogens with zero attached hydrogens (tertiary/aromatic N) is 2. The number of aryl methyl sites for hydroxylation is 1. The van der Waals surface area contributed by atoms with E-state index in [2.05, 4.69) is 40.9 Å². The standard InChI is InChI=1S/C15H19N3/c1-16-15(13-9-17-18(2)10-13)8-12-7-11-5-3-4-6-14(11)12/h3-6,9-10,12,15-16H,7-8H2,1-2H3. The van der Waals surface area contributed by atoms with Crippen LogP contribution in [0.15, 0.2) is 36.7 Å². The Bertz CT molecular complexity index is 544. The lowest BCUT2D eigenvalue weighted by Gasteiger charge is -2.32. The van der Waals surface area contributed by atoms with Gasteiger partial charge in [-0.2, -0.15) is 5.10 Å². The van der Waals surface area contributed by atoms with Crippen molar-refractivity contribution in [3.05, 3.63) is 53.3 Å². The largest absolute Gasteiger partial charge is 0.313 e. The highest BCUT2D eigenvalue weighted by Crippen LogP contribution is 2.40. The van der Waals surface area contributed by atoms with Gasteiger partial charge in [-0.15, -0.1) is 0 Å². The second-order valence-corrected chi connectivity index (χ2v) is 5.12. The van der Waals surface area contributed by atoms with Crippen LogP contribution in [0.3, 0.4) is 0 Å². The molecule has 1 aliphatic rings. The van der Waals surface area contributed by atoms with Crippen LogP contribution in [-0.2, 0) is 13.5 Å². The zero-order chi connectivity index (χ0) is 12.5. The van der Waals surface area contributed by atoms with Gasteiger partial charge < -0.3 is 5.32 Å². The molecule has 0 saturated heterocycles. The van der Waals surface area contributed by atoms with Gasteiger partial charge in [0, 0.05) is 24.8 Å². The van der Waals surface area contributed by atoms with Crippen molar-refractivity contribution in [3.8, 4) is 0 Å². The van der Waals surface area contributed by atoms with E-state index in [4.69, 9.17) is 0 Å². The maximum absolute atomic E-state index is 4.26. The molecule has 3 heteroatoms. The molecule has 1 aliphatic carbocycles. The highest BCUT2D eigenvalue weighted by molar-refractivity contribution is 5.40. The van der Waals surface area contributed by atoms with Gasteiger partial charge in [-0.25, -0.2) is 0 Å². The lowest BCUT2D eigenvalue weighted by atomic mass is 9.74. The average molecular weight is 241 g/mol. The summed E-state index contributed by atoms with van der Waals surface area (Å²) in [6, 6.07) is 9.18. The number of aromatic nitrogens is 2. The molecule has 0 fully saturated rings. The van der Waals surface area contributed by atoms with E-state index in [1.165, 1.54) is 23.1 Å². The lowest BCUT2D eigenvalue weighted by molar-refractivity contribution is 0.452. The molecule has 2 unspecified atom stereocenters. The SMILES string of the molecule is CNC(CC1Cc2ccccc21)c1cnn(C)c1. The predicted octanol–water partition coefficient (Wildman–Crippen LogP) is 2.41. The molecule has 3 nitrogen and oxygen atoms in total. The first-order valence-electron chi connectivity index (χ1n) is 6.51. The van der Waals surface area contributed by atoms with Crippen LogP contribution in [0.4, 0.5) is 0 Å². The van der Waals surface area contributed by atoms with Crippen LogP contribution in [0.5, 0.6) is 0 Å². The third-order valence-corrected chi connectivity index (χ3v) is 3.96. The molecule has 1 N–H and O–H groups in total. The first kappa shape index (κ1) is 11.5. The minimum absolute atomic E-state index is 0.400. The average Bonchev–Trinajstić information content (AvgIpc) is 2.77. The van der Waals surface area contributed by atoms with Gasteiger partial charge in [0.25, 0.3) is 0 Å². The molecule has 1 aromatic heterocycles. The van der Waals surface area contributed by atoms with E-state index in [1.54, 1.807) is 0 Å². The molecule has 0 aliphatic heterocycles.